The molecule has 1 saturated carbocycles. The van der Waals surface area contributed by atoms with E-state index in [1.165, 1.54) is 0 Å². The lowest BCUT2D eigenvalue weighted by Gasteiger charge is -2.32. The summed E-state index contributed by atoms with van der Waals surface area (Å²) in [6, 6.07) is 0. The average molecular weight is 276 g/mol. The van der Waals surface area contributed by atoms with Crippen molar-refractivity contribution in [3.63, 3.8) is 0 Å². The molecule has 5 nitrogen and oxygen atoms in total. The molecule has 0 spiro atoms. The molecule has 104 valence electrons. The van der Waals surface area contributed by atoms with Crippen LogP contribution in [0.1, 0.15) is 32.6 Å². The summed E-state index contributed by atoms with van der Waals surface area (Å²) in [5, 5.41) is 5.80. The number of rotatable bonds is 4. The molecule has 0 bridgehead atoms. The van der Waals surface area contributed by atoms with E-state index in [0.717, 1.165) is 12.8 Å². The molecule has 1 aliphatic carbocycles. The lowest BCUT2D eigenvalue weighted by Crippen LogP contribution is -2.56. The first-order chi connectivity index (χ1) is 8.05. The third-order valence-electron chi connectivity index (χ3n) is 3.95. The van der Waals surface area contributed by atoms with E-state index in [1.54, 1.807) is 0 Å². The van der Waals surface area contributed by atoms with Crippen molar-refractivity contribution in [3.05, 3.63) is 0 Å². The second-order valence-corrected chi connectivity index (χ2v) is 5.42. The summed E-state index contributed by atoms with van der Waals surface area (Å²) in [6.45, 7) is 2.95. The van der Waals surface area contributed by atoms with Crippen LogP contribution < -0.4 is 16.4 Å². The van der Waals surface area contributed by atoms with Crippen molar-refractivity contribution in [1.82, 2.24) is 10.6 Å². The topological polar surface area (TPSA) is 84.2 Å². The van der Waals surface area contributed by atoms with Crippen LogP contribution in [-0.2, 0) is 9.59 Å². The van der Waals surface area contributed by atoms with Crippen LogP contribution in [0.4, 0.5) is 0 Å². The van der Waals surface area contributed by atoms with Crippen molar-refractivity contribution in [2.24, 2.45) is 17.6 Å². The number of hydrogen-bond donors (Lipinski definition) is 3. The molecule has 2 unspecified atom stereocenters. The maximum atomic E-state index is 12.1. The first-order valence-electron chi connectivity index (χ1n) is 6.34. The molecule has 2 aliphatic rings. The quantitative estimate of drug-likeness (QED) is 0.684. The second-order valence-electron chi connectivity index (χ2n) is 5.42. The number of amides is 2. The molecule has 1 saturated heterocycles. The zero-order chi connectivity index (χ0) is 12.5. The third-order valence-corrected chi connectivity index (χ3v) is 3.95. The lowest BCUT2D eigenvalue weighted by atomic mass is 9.92. The summed E-state index contributed by atoms with van der Waals surface area (Å²) in [7, 11) is 0. The number of nitrogens with two attached hydrogens (primary N) is 1. The van der Waals surface area contributed by atoms with Crippen molar-refractivity contribution in [1.29, 1.82) is 0 Å². The Labute approximate surface area is 114 Å². The number of hydrogen-bond acceptors (Lipinski definition) is 3. The summed E-state index contributed by atoms with van der Waals surface area (Å²) in [5.41, 5.74) is 5.50. The highest BCUT2D eigenvalue weighted by Crippen LogP contribution is 2.39. The van der Waals surface area contributed by atoms with Crippen LogP contribution in [0.15, 0.2) is 0 Å². The second kappa shape index (κ2) is 5.89. The highest BCUT2D eigenvalue weighted by atomic mass is 35.5. The van der Waals surface area contributed by atoms with Gasteiger partial charge in [-0.05, 0) is 32.1 Å². The van der Waals surface area contributed by atoms with Gasteiger partial charge in [-0.3, -0.25) is 9.59 Å². The van der Waals surface area contributed by atoms with E-state index in [9.17, 15) is 9.59 Å². The van der Waals surface area contributed by atoms with Gasteiger partial charge >= 0.3 is 0 Å². The maximum Gasteiger partial charge on any atom is 0.225 e. The van der Waals surface area contributed by atoms with Gasteiger partial charge in [0.1, 0.15) is 0 Å². The summed E-state index contributed by atoms with van der Waals surface area (Å²) in [6.07, 6.45) is 3.38. The van der Waals surface area contributed by atoms with Gasteiger partial charge in [0.25, 0.3) is 0 Å². The zero-order valence-corrected chi connectivity index (χ0v) is 11.5. The maximum absolute atomic E-state index is 12.1. The fourth-order valence-corrected chi connectivity index (χ4v) is 2.38. The average Bonchev–Trinajstić information content (AvgIpc) is 3.13. The molecule has 0 radical (unpaired) electrons. The summed E-state index contributed by atoms with van der Waals surface area (Å²) >= 11 is 0. The molecule has 0 aromatic heterocycles. The molecule has 2 amide bonds. The predicted molar refractivity (Wildman–Crippen MR) is 71.3 cm³/mol. The van der Waals surface area contributed by atoms with Crippen LogP contribution in [-0.4, -0.2) is 30.4 Å². The van der Waals surface area contributed by atoms with Gasteiger partial charge in [-0.2, -0.15) is 0 Å². The van der Waals surface area contributed by atoms with E-state index in [0.29, 0.717) is 31.8 Å². The van der Waals surface area contributed by atoms with Crippen molar-refractivity contribution >= 4 is 24.2 Å². The molecule has 1 aliphatic heterocycles. The minimum Gasteiger partial charge on any atom is -0.355 e. The van der Waals surface area contributed by atoms with E-state index in [-0.39, 0.29) is 35.7 Å². The standard InChI is InChI=1S/C12H21N3O2.ClH/c1-12(7-13,9-3-4-9)15-11(17)8-2-5-10(16)14-6-8;/h8-9H,2-7,13H2,1H3,(H,14,16)(H,15,17);1H. The third kappa shape index (κ3) is 3.36. The fourth-order valence-electron chi connectivity index (χ4n) is 2.38. The highest BCUT2D eigenvalue weighted by molar-refractivity contribution is 5.85. The number of carbonyl (C=O) groups excluding carboxylic acids is 2. The molecule has 2 atom stereocenters. The predicted octanol–water partition coefficient (Wildman–Crippen LogP) is 0.178. The molecule has 1 heterocycles. The number of carbonyl (C=O) groups is 2. The highest BCUT2D eigenvalue weighted by Gasteiger charge is 2.42. The Morgan fingerprint density at radius 3 is 2.61 bits per heavy atom. The first kappa shape index (κ1) is 15.2. The van der Waals surface area contributed by atoms with Gasteiger partial charge in [0.05, 0.1) is 11.5 Å². The van der Waals surface area contributed by atoms with E-state index in [1.807, 2.05) is 6.92 Å². The van der Waals surface area contributed by atoms with Crippen LogP contribution in [0.5, 0.6) is 0 Å². The monoisotopic (exact) mass is 275 g/mol. The minimum atomic E-state index is -0.265. The zero-order valence-electron chi connectivity index (χ0n) is 10.7. The molecule has 4 N–H and O–H groups in total. The first-order valence-corrected chi connectivity index (χ1v) is 6.34. The Morgan fingerprint density at radius 2 is 2.17 bits per heavy atom. The normalized spacial score (nSPS) is 26.6. The molecule has 18 heavy (non-hydrogen) atoms. The van der Waals surface area contributed by atoms with E-state index in [2.05, 4.69) is 10.6 Å². The van der Waals surface area contributed by atoms with Crippen LogP contribution in [0, 0.1) is 11.8 Å². The Kier molecular flexibility index (Phi) is 4.99. The van der Waals surface area contributed by atoms with E-state index >= 15 is 0 Å². The molecule has 2 rings (SSSR count). The summed E-state index contributed by atoms with van der Waals surface area (Å²) < 4.78 is 0. The molecule has 0 aromatic rings. The SMILES string of the molecule is CC(CN)(NC(=O)C1CCC(=O)NC1)C1CC1.Cl. The van der Waals surface area contributed by atoms with Crippen LogP contribution in [0.25, 0.3) is 0 Å². The van der Waals surface area contributed by atoms with Gasteiger partial charge in [-0.15, -0.1) is 12.4 Å². The van der Waals surface area contributed by atoms with Crippen molar-refractivity contribution in [3.8, 4) is 0 Å². The van der Waals surface area contributed by atoms with Gasteiger partial charge in [0.2, 0.25) is 11.8 Å². The molecule has 0 aromatic carbocycles. The van der Waals surface area contributed by atoms with E-state index in [4.69, 9.17) is 5.73 Å². The van der Waals surface area contributed by atoms with E-state index < -0.39 is 0 Å². The van der Waals surface area contributed by atoms with Crippen molar-refractivity contribution in [2.45, 2.75) is 38.1 Å². The summed E-state index contributed by atoms with van der Waals surface area (Å²) in [4.78, 5) is 23.1. The Bertz CT molecular complexity index is 323. The summed E-state index contributed by atoms with van der Waals surface area (Å²) in [5.74, 6) is 0.495. The number of piperidine rings is 1. The van der Waals surface area contributed by atoms with Gasteiger partial charge < -0.3 is 16.4 Å². The lowest BCUT2D eigenvalue weighted by molar-refractivity contribution is -0.130. The van der Waals surface area contributed by atoms with Crippen LogP contribution >= 0.6 is 12.4 Å². The smallest absolute Gasteiger partial charge is 0.225 e. The molecule has 2 fully saturated rings. The van der Waals surface area contributed by atoms with Gasteiger partial charge in [0.15, 0.2) is 0 Å². The van der Waals surface area contributed by atoms with Crippen molar-refractivity contribution < 1.29 is 9.59 Å². The Hall–Kier alpha value is -0.810. The van der Waals surface area contributed by atoms with Gasteiger partial charge in [-0.1, -0.05) is 0 Å². The van der Waals surface area contributed by atoms with Crippen molar-refractivity contribution in [2.75, 3.05) is 13.1 Å². The molecule has 6 heteroatoms. The van der Waals surface area contributed by atoms with Crippen LogP contribution in [0.3, 0.4) is 0 Å². The molecular weight excluding hydrogens is 254 g/mol. The van der Waals surface area contributed by atoms with Gasteiger partial charge in [0, 0.05) is 19.5 Å². The molecular formula is C12H22ClN3O2. The van der Waals surface area contributed by atoms with Gasteiger partial charge in [-0.25, -0.2) is 0 Å². The Balaban J connectivity index is 0.00000162. The Morgan fingerprint density at radius 1 is 1.50 bits per heavy atom. The number of halogens is 1. The number of nitrogens with one attached hydrogen (secondary N) is 2. The largest absolute Gasteiger partial charge is 0.355 e. The fraction of sp³-hybridized carbons (Fsp3) is 0.833. The minimum absolute atomic E-state index is 0. The van der Waals surface area contributed by atoms with Crippen LogP contribution in [0.2, 0.25) is 0 Å².